The molecule has 0 fully saturated rings. The maximum absolute atomic E-state index is 12.1. The fourth-order valence-corrected chi connectivity index (χ4v) is 2.10. The highest BCUT2D eigenvalue weighted by Gasteiger charge is 2.28. The van der Waals surface area contributed by atoms with Crippen LogP contribution in [0.25, 0.3) is 22.3 Å². The van der Waals surface area contributed by atoms with Crippen LogP contribution in [0.4, 0.5) is 13.2 Å². The van der Waals surface area contributed by atoms with E-state index in [0.29, 0.717) is 22.3 Å². The molecule has 0 spiro atoms. The zero-order valence-electron chi connectivity index (χ0n) is 11.7. The van der Waals surface area contributed by atoms with Gasteiger partial charge in [0.25, 0.3) is 5.56 Å². The second-order valence-electron chi connectivity index (χ2n) is 4.86. The molecule has 2 aromatic carbocycles. The molecular weight excluding hydrogens is 309 g/mol. The van der Waals surface area contributed by atoms with Crippen LogP contribution in [0, 0.1) is 0 Å². The summed E-state index contributed by atoms with van der Waals surface area (Å²) in [5.74, 6) is 0.435. The zero-order chi connectivity index (χ0) is 16.4. The standard InChI is InChI=1S/C16H11F3N2O2/c17-16(18,19)9-23-11-7-5-10(6-8-11)14-20-13-4-2-1-3-12(13)15(22)21-14/h1-8H,9H2,(H,20,21,22). The van der Waals surface area contributed by atoms with Gasteiger partial charge in [0, 0.05) is 5.56 Å². The smallest absolute Gasteiger partial charge is 0.422 e. The van der Waals surface area contributed by atoms with E-state index in [1.54, 1.807) is 36.4 Å². The Labute approximate surface area is 128 Å². The third kappa shape index (κ3) is 3.50. The fourth-order valence-electron chi connectivity index (χ4n) is 2.10. The van der Waals surface area contributed by atoms with Crippen molar-refractivity contribution < 1.29 is 17.9 Å². The summed E-state index contributed by atoms with van der Waals surface area (Å²) in [6, 6.07) is 12.8. The normalized spacial score (nSPS) is 11.6. The number of ether oxygens (including phenoxy) is 1. The molecule has 3 rings (SSSR count). The van der Waals surface area contributed by atoms with E-state index in [1.807, 2.05) is 0 Å². The van der Waals surface area contributed by atoms with Gasteiger partial charge in [-0.05, 0) is 36.4 Å². The van der Waals surface area contributed by atoms with Crippen LogP contribution in [0.15, 0.2) is 53.3 Å². The van der Waals surface area contributed by atoms with Gasteiger partial charge in [0.2, 0.25) is 0 Å². The second-order valence-corrected chi connectivity index (χ2v) is 4.86. The molecule has 0 amide bonds. The number of aromatic nitrogens is 2. The van der Waals surface area contributed by atoms with Crippen LogP contribution in [0.5, 0.6) is 5.75 Å². The van der Waals surface area contributed by atoms with E-state index in [0.717, 1.165) is 0 Å². The van der Waals surface area contributed by atoms with Gasteiger partial charge in [0.15, 0.2) is 6.61 Å². The molecule has 0 unspecified atom stereocenters. The van der Waals surface area contributed by atoms with Crippen LogP contribution in [-0.2, 0) is 0 Å². The fraction of sp³-hybridized carbons (Fsp3) is 0.125. The maximum atomic E-state index is 12.1. The van der Waals surface area contributed by atoms with Crippen LogP contribution in [-0.4, -0.2) is 22.8 Å². The summed E-state index contributed by atoms with van der Waals surface area (Å²) in [6.07, 6.45) is -4.39. The molecule has 0 atom stereocenters. The molecule has 0 bridgehead atoms. The van der Waals surface area contributed by atoms with Crippen molar-refractivity contribution in [1.82, 2.24) is 9.97 Å². The predicted octanol–water partition coefficient (Wildman–Crippen LogP) is 3.53. The molecule has 0 radical (unpaired) electrons. The van der Waals surface area contributed by atoms with Gasteiger partial charge in [0.1, 0.15) is 11.6 Å². The number of H-pyrrole nitrogens is 1. The molecule has 23 heavy (non-hydrogen) atoms. The number of hydrogen-bond acceptors (Lipinski definition) is 3. The average Bonchev–Trinajstić information content (AvgIpc) is 2.53. The number of para-hydroxylation sites is 1. The average molecular weight is 320 g/mol. The van der Waals surface area contributed by atoms with Gasteiger partial charge in [-0.15, -0.1) is 0 Å². The van der Waals surface area contributed by atoms with Gasteiger partial charge in [-0.25, -0.2) is 4.98 Å². The van der Waals surface area contributed by atoms with E-state index in [2.05, 4.69) is 14.7 Å². The van der Waals surface area contributed by atoms with Gasteiger partial charge in [-0.2, -0.15) is 13.2 Å². The number of benzene rings is 2. The van der Waals surface area contributed by atoms with Crippen LogP contribution < -0.4 is 10.3 Å². The first kappa shape index (κ1) is 15.1. The summed E-state index contributed by atoms with van der Waals surface area (Å²) in [6.45, 7) is -1.35. The van der Waals surface area contributed by atoms with Gasteiger partial charge >= 0.3 is 6.18 Å². The van der Waals surface area contributed by atoms with Gasteiger partial charge in [-0.3, -0.25) is 4.79 Å². The molecule has 118 valence electrons. The van der Waals surface area contributed by atoms with Crippen molar-refractivity contribution in [2.24, 2.45) is 0 Å². The minimum Gasteiger partial charge on any atom is -0.484 e. The minimum absolute atomic E-state index is 0.0919. The number of aromatic amines is 1. The largest absolute Gasteiger partial charge is 0.484 e. The monoisotopic (exact) mass is 320 g/mol. The lowest BCUT2D eigenvalue weighted by Crippen LogP contribution is -2.19. The Hall–Kier alpha value is -2.83. The van der Waals surface area contributed by atoms with E-state index in [9.17, 15) is 18.0 Å². The Morgan fingerprint density at radius 1 is 1.04 bits per heavy atom. The van der Waals surface area contributed by atoms with Crippen molar-refractivity contribution in [1.29, 1.82) is 0 Å². The number of rotatable bonds is 3. The van der Waals surface area contributed by atoms with E-state index < -0.39 is 12.8 Å². The van der Waals surface area contributed by atoms with Gasteiger partial charge in [-0.1, -0.05) is 12.1 Å². The Bertz CT molecular complexity index is 886. The Morgan fingerprint density at radius 2 is 1.74 bits per heavy atom. The molecule has 0 aliphatic carbocycles. The first-order valence-corrected chi connectivity index (χ1v) is 6.71. The highest BCUT2D eigenvalue weighted by Crippen LogP contribution is 2.22. The summed E-state index contributed by atoms with van der Waals surface area (Å²) in [5, 5.41) is 0.474. The molecule has 0 saturated heterocycles. The number of alkyl halides is 3. The topological polar surface area (TPSA) is 55.0 Å². The third-order valence-corrected chi connectivity index (χ3v) is 3.14. The first-order chi connectivity index (χ1) is 10.9. The number of halogens is 3. The second kappa shape index (κ2) is 5.75. The summed E-state index contributed by atoms with van der Waals surface area (Å²) in [5.41, 5.74) is 0.846. The number of hydrogen-bond donors (Lipinski definition) is 1. The summed E-state index contributed by atoms with van der Waals surface area (Å²) >= 11 is 0. The quantitative estimate of drug-likeness (QED) is 0.803. The molecule has 7 heteroatoms. The van der Waals surface area contributed by atoms with Crippen molar-refractivity contribution in [3.05, 3.63) is 58.9 Å². The molecule has 0 aliphatic heterocycles. The van der Waals surface area contributed by atoms with E-state index in [-0.39, 0.29) is 11.3 Å². The highest BCUT2D eigenvalue weighted by atomic mass is 19.4. The predicted molar refractivity (Wildman–Crippen MR) is 79.3 cm³/mol. The lowest BCUT2D eigenvalue weighted by Gasteiger charge is -2.09. The highest BCUT2D eigenvalue weighted by molar-refractivity contribution is 5.79. The molecule has 1 N–H and O–H groups in total. The van der Waals surface area contributed by atoms with E-state index >= 15 is 0 Å². The number of nitrogens with zero attached hydrogens (tertiary/aromatic N) is 1. The van der Waals surface area contributed by atoms with E-state index in [1.165, 1.54) is 12.1 Å². The van der Waals surface area contributed by atoms with Crippen molar-refractivity contribution in [2.45, 2.75) is 6.18 Å². The number of nitrogens with one attached hydrogen (secondary N) is 1. The lowest BCUT2D eigenvalue weighted by molar-refractivity contribution is -0.153. The van der Waals surface area contributed by atoms with Crippen LogP contribution in [0.2, 0.25) is 0 Å². The molecule has 0 aliphatic rings. The van der Waals surface area contributed by atoms with Crippen LogP contribution in [0.1, 0.15) is 0 Å². The summed E-state index contributed by atoms with van der Waals surface area (Å²) < 4.78 is 40.9. The minimum atomic E-state index is -4.39. The maximum Gasteiger partial charge on any atom is 0.422 e. The van der Waals surface area contributed by atoms with Crippen LogP contribution in [0.3, 0.4) is 0 Å². The Kier molecular flexibility index (Phi) is 3.77. The van der Waals surface area contributed by atoms with E-state index in [4.69, 9.17) is 0 Å². The molecule has 1 aromatic heterocycles. The molecule has 4 nitrogen and oxygen atoms in total. The zero-order valence-corrected chi connectivity index (χ0v) is 11.7. The molecular formula is C16H11F3N2O2. The number of fused-ring (bicyclic) bond motifs is 1. The lowest BCUT2D eigenvalue weighted by atomic mass is 10.2. The van der Waals surface area contributed by atoms with Crippen molar-refractivity contribution in [3.8, 4) is 17.1 Å². The molecule has 3 aromatic rings. The Balaban J connectivity index is 1.89. The van der Waals surface area contributed by atoms with Gasteiger partial charge < -0.3 is 9.72 Å². The Morgan fingerprint density at radius 3 is 2.43 bits per heavy atom. The van der Waals surface area contributed by atoms with Crippen molar-refractivity contribution >= 4 is 10.9 Å². The summed E-state index contributed by atoms with van der Waals surface area (Å²) in [7, 11) is 0. The molecule has 0 saturated carbocycles. The first-order valence-electron chi connectivity index (χ1n) is 6.71. The SMILES string of the molecule is O=c1[nH]c(-c2ccc(OCC(F)(F)F)cc2)nc2ccccc12. The third-order valence-electron chi connectivity index (χ3n) is 3.14. The van der Waals surface area contributed by atoms with Crippen molar-refractivity contribution in [3.63, 3.8) is 0 Å². The summed E-state index contributed by atoms with van der Waals surface area (Å²) in [4.78, 5) is 19.0. The van der Waals surface area contributed by atoms with Crippen molar-refractivity contribution in [2.75, 3.05) is 6.61 Å². The molecule has 1 heterocycles. The van der Waals surface area contributed by atoms with Gasteiger partial charge in [0.05, 0.1) is 10.9 Å². The van der Waals surface area contributed by atoms with Crippen LogP contribution >= 0.6 is 0 Å².